The first kappa shape index (κ1) is 19.2. The second kappa shape index (κ2) is 8.30. The second-order valence-electron chi connectivity index (χ2n) is 5.20. The predicted molar refractivity (Wildman–Crippen MR) is 95.2 cm³/mol. The van der Waals surface area contributed by atoms with Gasteiger partial charge >= 0.3 is 0 Å². The third kappa shape index (κ3) is 4.48. The Hall–Kier alpha value is -3.13. The number of ether oxygens (including phenoxy) is 2. The molecule has 8 nitrogen and oxygen atoms in total. The Morgan fingerprint density at radius 1 is 1.27 bits per heavy atom. The van der Waals surface area contributed by atoms with Gasteiger partial charge in [0.25, 0.3) is 11.6 Å². The second-order valence-corrected chi connectivity index (χ2v) is 5.60. The zero-order chi connectivity index (χ0) is 19.3. The lowest BCUT2D eigenvalue weighted by Crippen LogP contribution is -2.30. The Labute approximate surface area is 153 Å². The summed E-state index contributed by atoms with van der Waals surface area (Å²) in [6.07, 6.45) is -0.535. The summed E-state index contributed by atoms with van der Waals surface area (Å²) in [5.74, 6) is 0.0536. The topological polar surface area (TPSA) is 108 Å². The molecule has 0 saturated carbocycles. The molecule has 0 aliphatic rings. The maximum Gasteiger partial charge on any atom is 0.270 e. The summed E-state index contributed by atoms with van der Waals surface area (Å²) in [7, 11) is 1.48. The minimum atomic E-state index is -0.962. The van der Waals surface area contributed by atoms with Gasteiger partial charge in [-0.25, -0.2) is 0 Å². The molecule has 0 aromatic heterocycles. The molecule has 2 aromatic carbocycles. The van der Waals surface area contributed by atoms with E-state index in [2.05, 4.69) is 5.32 Å². The van der Waals surface area contributed by atoms with Crippen LogP contribution < -0.4 is 14.8 Å². The van der Waals surface area contributed by atoms with E-state index in [-0.39, 0.29) is 17.0 Å². The molecule has 2 rings (SSSR count). The highest BCUT2D eigenvalue weighted by atomic mass is 35.5. The lowest BCUT2D eigenvalue weighted by atomic mass is 10.2. The number of nitrogens with zero attached hydrogens (tertiary/aromatic N) is 1. The lowest BCUT2D eigenvalue weighted by molar-refractivity contribution is -0.384. The van der Waals surface area contributed by atoms with E-state index < -0.39 is 16.9 Å². The van der Waals surface area contributed by atoms with Crippen molar-refractivity contribution in [3.63, 3.8) is 0 Å². The van der Waals surface area contributed by atoms with Gasteiger partial charge in [0.05, 0.1) is 22.6 Å². The molecule has 9 heteroatoms. The first-order valence-electron chi connectivity index (χ1n) is 7.40. The van der Waals surface area contributed by atoms with E-state index in [4.69, 9.17) is 21.1 Å². The Kier molecular flexibility index (Phi) is 6.13. The number of methoxy groups -OCH3 is 1. The number of carbonyl (C=O) groups excluding carboxylic acids is 2. The van der Waals surface area contributed by atoms with E-state index in [9.17, 15) is 19.7 Å². The van der Waals surface area contributed by atoms with Crippen LogP contribution in [0.1, 0.15) is 17.3 Å². The van der Waals surface area contributed by atoms with Gasteiger partial charge in [-0.3, -0.25) is 19.7 Å². The zero-order valence-electron chi connectivity index (χ0n) is 13.9. The maximum atomic E-state index is 12.3. The fraction of sp³-hybridized carbons (Fsp3) is 0.176. The van der Waals surface area contributed by atoms with Crippen molar-refractivity contribution < 1.29 is 24.0 Å². The monoisotopic (exact) mass is 378 g/mol. The number of rotatable bonds is 7. The highest BCUT2D eigenvalue weighted by Crippen LogP contribution is 2.28. The predicted octanol–water partition coefficient (Wildman–Crippen LogP) is 3.48. The lowest BCUT2D eigenvalue weighted by Gasteiger charge is -2.16. The van der Waals surface area contributed by atoms with Gasteiger partial charge in [-0.1, -0.05) is 11.6 Å². The summed E-state index contributed by atoms with van der Waals surface area (Å²) < 4.78 is 10.5. The molecule has 0 spiro atoms. The van der Waals surface area contributed by atoms with E-state index >= 15 is 0 Å². The highest BCUT2D eigenvalue weighted by Gasteiger charge is 2.19. The molecule has 0 bridgehead atoms. The molecule has 1 amide bonds. The van der Waals surface area contributed by atoms with E-state index in [0.29, 0.717) is 22.7 Å². The smallest absolute Gasteiger partial charge is 0.270 e. The number of benzene rings is 2. The van der Waals surface area contributed by atoms with Crippen LogP contribution in [0.3, 0.4) is 0 Å². The van der Waals surface area contributed by atoms with Gasteiger partial charge in [0, 0.05) is 17.8 Å². The number of carbonyl (C=O) groups is 2. The summed E-state index contributed by atoms with van der Waals surface area (Å²) >= 11 is 6.00. The molecule has 2 aromatic rings. The molecule has 0 fully saturated rings. The van der Waals surface area contributed by atoms with Crippen molar-refractivity contribution in [3.05, 3.63) is 57.1 Å². The molecule has 136 valence electrons. The van der Waals surface area contributed by atoms with Crippen molar-refractivity contribution in [2.75, 3.05) is 12.4 Å². The summed E-state index contributed by atoms with van der Waals surface area (Å²) in [5.41, 5.74) is 0.173. The number of nitro groups is 1. The molecule has 26 heavy (non-hydrogen) atoms. The molecular weight excluding hydrogens is 364 g/mol. The van der Waals surface area contributed by atoms with Gasteiger partial charge < -0.3 is 14.8 Å². The van der Waals surface area contributed by atoms with Crippen molar-refractivity contribution in [1.82, 2.24) is 0 Å². The van der Waals surface area contributed by atoms with Gasteiger partial charge in [-0.05, 0) is 31.2 Å². The molecular formula is C17H15ClN2O6. The SMILES string of the molecule is COc1ccc(NC(=O)[C@H](C)Oc2ccc([N+](=O)[O-])cc2C=O)cc1Cl. The molecule has 0 saturated heterocycles. The van der Waals surface area contributed by atoms with Crippen LogP contribution in [-0.2, 0) is 4.79 Å². The van der Waals surface area contributed by atoms with Gasteiger partial charge in [-0.2, -0.15) is 0 Å². The first-order chi connectivity index (χ1) is 12.3. The summed E-state index contributed by atoms with van der Waals surface area (Å²) in [6.45, 7) is 1.48. The van der Waals surface area contributed by atoms with Gasteiger partial charge in [0.2, 0.25) is 0 Å². The average Bonchev–Trinajstić information content (AvgIpc) is 2.61. The van der Waals surface area contributed by atoms with Gasteiger partial charge in [0.1, 0.15) is 11.5 Å². The van der Waals surface area contributed by atoms with Crippen molar-refractivity contribution in [1.29, 1.82) is 0 Å². The van der Waals surface area contributed by atoms with Crippen LogP contribution in [0.15, 0.2) is 36.4 Å². The minimum absolute atomic E-state index is 0.0219. The van der Waals surface area contributed by atoms with Crippen molar-refractivity contribution in [2.24, 2.45) is 0 Å². The number of hydrogen-bond donors (Lipinski definition) is 1. The molecule has 0 aliphatic carbocycles. The molecule has 1 N–H and O–H groups in total. The number of aldehydes is 1. The van der Waals surface area contributed by atoms with Crippen LogP contribution >= 0.6 is 11.6 Å². The van der Waals surface area contributed by atoms with Crippen LogP contribution in [0.4, 0.5) is 11.4 Å². The Morgan fingerprint density at radius 3 is 2.54 bits per heavy atom. The third-order valence-corrected chi connectivity index (χ3v) is 3.72. The number of nitrogens with one attached hydrogen (secondary N) is 1. The number of non-ortho nitro benzene ring substituents is 1. The summed E-state index contributed by atoms with van der Waals surface area (Å²) in [6, 6.07) is 8.28. The minimum Gasteiger partial charge on any atom is -0.495 e. The van der Waals surface area contributed by atoms with E-state index in [1.165, 1.54) is 32.2 Å². The Bertz CT molecular complexity index is 855. The van der Waals surface area contributed by atoms with E-state index in [1.807, 2.05) is 0 Å². The fourth-order valence-electron chi connectivity index (χ4n) is 2.08. The van der Waals surface area contributed by atoms with Gasteiger partial charge in [0.15, 0.2) is 12.4 Å². The number of hydrogen-bond acceptors (Lipinski definition) is 6. The van der Waals surface area contributed by atoms with E-state index in [0.717, 1.165) is 6.07 Å². The number of halogens is 1. The standard InChI is InChI=1S/C17H15ClN2O6/c1-10(17(22)19-12-3-5-16(25-2)14(18)8-12)26-15-6-4-13(20(23)24)7-11(15)9-21/h3-10H,1-2H3,(H,19,22)/t10-/m0/s1. The van der Waals surface area contributed by atoms with Crippen molar-refractivity contribution in [2.45, 2.75) is 13.0 Å². The number of nitro benzene ring substituents is 1. The van der Waals surface area contributed by atoms with E-state index in [1.54, 1.807) is 12.1 Å². The van der Waals surface area contributed by atoms with Crippen molar-refractivity contribution in [3.8, 4) is 11.5 Å². The quantitative estimate of drug-likeness (QED) is 0.449. The third-order valence-electron chi connectivity index (χ3n) is 3.42. The van der Waals surface area contributed by atoms with Crippen LogP contribution in [0.5, 0.6) is 11.5 Å². The van der Waals surface area contributed by atoms with Crippen LogP contribution in [0, 0.1) is 10.1 Å². The highest BCUT2D eigenvalue weighted by molar-refractivity contribution is 6.32. The summed E-state index contributed by atoms with van der Waals surface area (Å²) in [5, 5.41) is 13.7. The number of anilines is 1. The van der Waals surface area contributed by atoms with Crippen molar-refractivity contribution >= 4 is 35.2 Å². The van der Waals surface area contributed by atoms with Crippen LogP contribution in [0.2, 0.25) is 5.02 Å². The largest absolute Gasteiger partial charge is 0.495 e. The van der Waals surface area contributed by atoms with Crippen LogP contribution in [0.25, 0.3) is 0 Å². The molecule has 0 heterocycles. The van der Waals surface area contributed by atoms with Crippen LogP contribution in [-0.4, -0.2) is 30.3 Å². The Balaban J connectivity index is 2.10. The molecule has 0 aliphatic heterocycles. The maximum absolute atomic E-state index is 12.3. The Morgan fingerprint density at radius 2 is 1.96 bits per heavy atom. The normalized spacial score (nSPS) is 11.3. The fourth-order valence-corrected chi connectivity index (χ4v) is 2.34. The molecule has 0 radical (unpaired) electrons. The first-order valence-corrected chi connectivity index (χ1v) is 7.78. The van der Waals surface area contributed by atoms with Gasteiger partial charge in [-0.15, -0.1) is 0 Å². The molecule has 0 unspecified atom stereocenters. The zero-order valence-corrected chi connectivity index (χ0v) is 14.6. The number of amides is 1. The summed E-state index contributed by atoms with van der Waals surface area (Å²) in [4.78, 5) is 33.5. The average molecular weight is 379 g/mol. The molecule has 1 atom stereocenters.